The number of anilines is 2. The Morgan fingerprint density at radius 2 is 1.12 bits per heavy atom. The van der Waals surface area contributed by atoms with Crippen molar-refractivity contribution in [1.82, 2.24) is 0 Å². The number of amides is 4. The van der Waals surface area contributed by atoms with Crippen LogP contribution in [0.1, 0.15) is 20.7 Å². The van der Waals surface area contributed by atoms with Gasteiger partial charge >= 0.3 is 0 Å². The van der Waals surface area contributed by atoms with E-state index in [2.05, 4.69) is 10.6 Å². The van der Waals surface area contributed by atoms with Crippen molar-refractivity contribution in [2.24, 2.45) is 11.5 Å². The second-order valence-corrected chi connectivity index (χ2v) is 5.02. The molecule has 0 aromatic heterocycles. The molecular formula is C16H12F2N4O4. The first kappa shape index (κ1) is 18.5. The zero-order chi connectivity index (χ0) is 19.4. The number of nitrogens with one attached hydrogen (secondary N) is 2. The minimum Gasteiger partial charge on any atom is -0.366 e. The van der Waals surface area contributed by atoms with Crippen LogP contribution in [0.25, 0.3) is 11.1 Å². The average Bonchev–Trinajstić information content (AvgIpc) is 2.58. The first-order valence-corrected chi connectivity index (χ1v) is 6.97. The second kappa shape index (κ2) is 7.38. The van der Waals surface area contributed by atoms with E-state index < -0.39 is 34.6 Å². The summed E-state index contributed by atoms with van der Waals surface area (Å²) in [6.07, 6.45) is 0.373. The molecule has 0 fully saturated rings. The van der Waals surface area contributed by atoms with E-state index in [1.807, 2.05) is 0 Å². The van der Waals surface area contributed by atoms with Gasteiger partial charge in [-0.25, -0.2) is 8.78 Å². The highest BCUT2D eigenvalue weighted by molar-refractivity contribution is 5.99. The molecule has 0 aliphatic heterocycles. The van der Waals surface area contributed by atoms with Crippen molar-refractivity contribution in [2.75, 3.05) is 10.6 Å². The minimum absolute atomic E-state index is 0.112. The maximum absolute atomic E-state index is 14.2. The summed E-state index contributed by atoms with van der Waals surface area (Å²) in [6.45, 7) is 0. The highest BCUT2D eigenvalue weighted by Gasteiger charge is 2.19. The van der Waals surface area contributed by atoms with E-state index in [9.17, 15) is 28.0 Å². The predicted octanol–water partition coefficient (Wildman–Crippen LogP) is 0.966. The van der Waals surface area contributed by atoms with Gasteiger partial charge in [0.25, 0.3) is 11.8 Å². The molecule has 0 unspecified atom stereocenters. The van der Waals surface area contributed by atoms with E-state index in [4.69, 9.17) is 11.5 Å². The molecule has 0 atom stereocenters. The van der Waals surface area contributed by atoms with Crippen molar-refractivity contribution in [1.29, 1.82) is 0 Å². The fourth-order valence-corrected chi connectivity index (χ4v) is 2.28. The minimum atomic E-state index is -1.11. The predicted molar refractivity (Wildman–Crippen MR) is 88.2 cm³/mol. The summed E-state index contributed by atoms with van der Waals surface area (Å²) in [5.41, 5.74) is 8.66. The Labute approximate surface area is 145 Å². The molecule has 8 nitrogen and oxygen atoms in total. The van der Waals surface area contributed by atoms with Crippen molar-refractivity contribution in [3.63, 3.8) is 0 Å². The van der Waals surface area contributed by atoms with Crippen molar-refractivity contribution >= 4 is 36.0 Å². The Bertz CT molecular complexity index is 855. The van der Waals surface area contributed by atoms with E-state index in [0.29, 0.717) is 0 Å². The maximum Gasteiger partial charge on any atom is 0.251 e. The van der Waals surface area contributed by atoms with E-state index in [0.717, 1.165) is 24.3 Å². The van der Waals surface area contributed by atoms with E-state index in [1.165, 1.54) is 0 Å². The van der Waals surface area contributed by atoms with Crippen molar-refractivity contribution in [2.45, 2.75) is 0 Å². The molecule has 4 amide bonds. The van der Waals surface area contributed by atoms with Crippen LogP contribution in [0.15, 0.2) is 24.3 Å². The molecule has 10 heteroatoms. The van der Waals surface area contributed by atoms with Crippen LogP contribution in [0.4, 0.5) is 20.2 Å². The molecule has 2 aromatic rings. The van der Waals surface area contributed by atoms with Gasteiger partial charge in [-0.15, -0.1) is 0 Å². The Balaban J connectivity index is 2.78. The molecular weight excluding hydrogens is 350 g/mol. The molecule has 0 bridgehead atoms. The Morgan fingerprint density at radius 3 is 1.38 bits per heavy atom. The summed E-state index contributed by atoms with van der Waals surface area (Å²) >= 11 is 0. The number of rotatable bonds is 7. The summed E-state index contributed by atoms with van der Waals surface area (Å²) < 4.78 is 28.3. The van der Waals surface area contributed by atoms with E-state index in [1.54, 1.807) is 0 Å². The number of carbonyl (C=O) groups excluding carboxylic acids is 4. The quantitative estimate of drug-likeness (QED) is 0.544. The summed E-state index contributed by atoms with van der Waals surface area (Å²) in [6, 6.07) is 4.38. The second-order valence-electron chi connectivity index (χ2n) is 5.02. The normalized spacial score (nSPS) is 10.1. The Hall–Kier alpha value is -3.82. The zero-order valence-corrected chi connectivity index (χ0v) is 13.0. The summed E-state index contributed by atoms with van der Waals surface area (Å²) in [7, 11) is 0. The molecule has 0 aliphatic rings. The number of nitrogens with two attached hydrogens (primary N) is 2. The van der Waals surface area contributed by atoms with Crippen LogP contribution in [0, 0.1) is 11.6 Å². The summed E-state index contributed by atoms with van der Waals surface area (Å²) in [5.74, 6) is -4.34. The van der Waals surface area contributed by atoms with Gasteiger partial charge in [0.05, 0.1) is 22.5 Å². The van der Waals surface area contributed by atoms with Gasteiger partial charge in [0, 0.05) is 0 Å². The average molecular weight is 362 g/mol. The number of hydrogen-bond acceptors (Lipinski definition) is 4. The van der Waals surface area contributed by atoms with Crippen LogP contribution >= 0.6 is 0 Å². The molecule has 0 saturated heterocycles. The van der Waals surface area contributed by atoms with Crippen molar-refractivity contribution in [3.05, 3.63) is 47.0 Å². The van der Waals surface area contributed by atoms with Crippen LogP contribution in [0.3, 0.4) is 0 Å². The first-order chi connectivity index (χ1) is 12.3. The third-order valence-electron chi connectivity index (χ3n) is 3.44. The van der Waals surface area contributed by atoms with Crippen molar-refractivity contribution in [3.8, 4) is 11.1 Å². The summed E-state index contributed by atoms with van der Waals surface area (Å²) in [5, 5.41) is 4.14. The lowest BCUT2D eigenvalue weighted by atomic mass is 9.98. The number of hydrogen-bond donors (Lipinski definition) is 4. The first-order valence-electron chi connectivity index (χ1n) is 6.97. The molecule has 0 heterocycles. The number of primary amides is 2. The van der Waals surface area contributed by atoms with Crippen LogP contribution in [0.5, 0.6) is 0 Å². The van der Waals surface area contributed by atoms with E-state index in [-0.39, 0.29) is 35.3 Å². The Kier molecular flexibility index (Phi) is 5.26. The van der Waals surface area contributed by atoms with Crippen LogP contribution < -0.4 is 22.1 Å². The fraction of sp³-hybridized carbons (Fsp3) is 0. The van der Waals surface area contributed by atoms with Gasteiger partial charge in [-0.1, -0.05) is 0 Å². The lowest BCUT2D eigenvalue weighted by Gasteiger charge is -2.13. The third kappa shape index (κ3) is 3.48. The molecule has 0 saturated carbocycles. The van der Waals surface area contributed by atoms with Gasteiger partial charge in [-0.3, -0.25) is 19.2 Å². The van der Waals surface area contributed by atoms with Gasteiger partial charge in [-0.05, 0) is 35.4 Å². The molecule has 26 heavy (non-hydrogen) atoms. The molecule has 0 spiro atoms. The number of halogens is 2. The fourth-order valence-electron chi connectivity index (χ4n) is 2.28. The van der Waals surface area contributed by atoms with Crippen LogP contribution in [-0.2, 0) is 9.59 Å². The molecule has 2 rings (SSSR count). The molecule has 2 aromatic carbocycles. The summed E-state index contributed by atoms with van der Waals surface area (Å²) in [4.78, 5) is 44.1. The lowest BCUT2D eigenvalue weighted by molar-refractivity contribution is -0.106. The standard InChI is InChI=1S/C16H12F2N4O4/c17-13-9(15(19)25)1-7(3-11(13)21-5-23)8-2-10(16(20)26)14(18)12(4-8)22-6-24/h1-6H,(H2,19,25)(H2,20,26)(H,21,23)(H,22,24). The Morgan fingerprint density at radius 1 is 0.769 bits per heavy atom. The zero-order valence-electron chi connectivity index (χ0n) is 13.0. The highest BCUT2D eigenvalue weighted by Crippen LogP contribution is 2.32. The third-order valence-corrected chi connectivity index (χ3v) is 3.44. The lowest BCUT2D eigenvalue weighted by Crippen LogP contribution is -2.16. The largest absolute Gasteiger partial charge is 0.366 e. The number of benzene rings is 2. The SMILES string of the molecule is NC(=O)c1cc(-c2cc(NC=O)c(F)c(C(N)=O)c2)cc(NC=O)c1F. The molecule has 6 N–H and O–H groups in total. The van der Waals surface area contributed by atoms with Gasteiger partial charge in [0.1, 0.15) is 0 Å². The van der Waals surface area contributed by atoms with Gasteiger partial charge in [0.15, 0.2) is 11.6 Å². The molecule has 0 aliphatic carbocycles. The highest BCUT2D eigenvalue weighted by atomic mass is 19.1. The maximum atomic E-state index is 14.2. The smallest absolute Gasteiger partial charge is 0.251 e. The number of carbonyl (C=O) groups is 4. The molecule has 134 valence electrons. The van der Waals surface area contributed by atoms with Gasteiger partial charge < -0.3 is 22.1 Å². The van der Waals surface area contributed by atoms with Gasteiger partial charge in [0.2, 0.25) is 12.8 Å². The molecule has 0 radical (unpaired) electrons. The van der Waals surface area contributed by atoms with Gasteiger partial charge in [-0.2, -0.15) is 0 Å². The van der Waals surface area contributed by atoms with Crippen LogP contribution in [0.2, 0.25) is 0 Å². The van der Waals surface area contributed by atoms with Crippen molar-refractivity contribution < 1.29 is 28.0 Å². The topological polar surface area (TPSA) is 144 Å². The monoisotopic (exact) mass is 362 g/mol. The van der Waals surface area contributed by atoms with Crippen LogP contribution in [-0.4, -0.2) is 24.6 Å². The van der Waals surface area contributed by atoms with E-state index >= 15 is 0 Å².